The summed E-state index contributed by atoms with van der Waals surface area (Å²) in [6, 6.07) is 15.4. The molecule has 132 valence electrons. The summed E-state index contributed by atoms with van der Waals surface area (Å²) in [5.41, 5.74) is 2.64. The first-order chi connectivity index (χ1) is 12.5. The molecule has 1 aromatic heterocycles. The lowest BCUT2D eigenvalue weighted by Gasteiger charge is -2.02. The molecular formula is C19H15ClN2O4. The maximum Gasteiger partial charge on any atom is 0.269 e. The molecule has 2 aromatic carbocycles. The highest BCUT2D eigenvalue weighted by Gasteiger charge is 2.08. The van der Waals surface area contributed by atoms with Gasteiger partial charge in [0.15, 0.2) is 0 Å². The lowest BCUT2D eigenvalue weighted by Crippen LogP contribution is -1.92. The van der Waals surface area contributed by atoms with Gasteiger partial charge in [0.25, 0.3) is 5.69 Å². The van der Waals surface area contributed by atoms with Crippen molar-refractivity contribution in [1.82, 2.24) is 0 Å². The van der Waals surface area contributed by atoms with Crippen molar-refractivity contribution in [2.24, 2.45) is 5.16 Å². The van der Waals surface area contributed by atoms with Gasteiger partial charge in [-0.1, -0.05) is 35.0 Å². The number of aryl methyl sites for hydroxylation is 1. The zero-order valence-corrected chi connectivity index (χ0v) is 14.6. The number of benzene rings is 2. The minimum absolute atomic E-state index is 0.0163. The summed E-state index contributed by atoms with van der Waals surface area (Å²) < 4.78 is 5.73. The monoisotopic (exact) mass is 370 g/mol. The highest BCUT2D eigenvalue weighted by Crippen LogP contribution is 2.27. The maximum absolute atomic E-state index is 10.7. The van der Waals surface area contributed by atoms with E-state index in [1.54, 1.807) is 18.2 Å². The molecule has 3 rings (SSSR count). The highest BCUT2D eigenvalue weighted by atomic mass is 35.5. The fraction of sp³-hybridized carbons (Fsp3) is 0.105. The average Bonchev–Trinajstić information content (AvgIpc) is 3.10. The van der Waals surface area contributed by atoms with Crippen LogP contribution in [0.2, 0.25) is 5.02 Å². The molecule has 0 aliphatic carbocycles. The van der Waals surface area contributed by atoms with E-state index in [1.807, 2.05) is 31.2 Å². The van der Waals surface area contributed by atoms with Crippen LogP contribution in [0.5, 0.6) is 0 Å². The zero-order valence-electron chi connectivity index (χ0n) is 13.9. The molecule has 0 aliphatic rings. The quantitative estimate of drug-likeness (QED) is 0.332. The maximum atomic E-state index is 10.7. The number of hydrogen-bond donors (Lipinski definition) is 0. The van der Waals surface area contributed by atoms with Crippen LogP contribution >= 0.6 is 11.6 Å². The van der Waals surface area contributed by atoms with E-state index >= 15 is 0 Å². The number of non-ortho nitro benzene ring substituents is 1. The van der Waals surface area contributed by atoms with E-state index in [0.29, 0.717) is 22.1 Å². The van der Waals surface area contributed by atoms with Crippen LogP contribution in [0, 0.1) is 17.0 Å². The van der Waals surface area contributed by atoms with Gasteiger partial charge in [-0.25, -0.2) is 0 Å². The Morgan fingerprint density at radius 2 is 2.08 bits per heavy atom. The lowest BCUT2D eigenvalue weighted by molar-refractivity contribution is -0.384. The molecule has 26 heavy (non-hydrogen) atoms. The molecule has 0 amide bonds. The van der Waals surface area contributed by atoms with Crippen LogP contribution < -0.4 is 0 Å². The van der Waals surface area contributed by atoms with Crippen LogP contribution in [0.4, 0.5) is 5.69 Å². The van der Waals surface area contributed by atoms with E-state index in [-0.39, 0.29) is 12.3 Å². The number of nitro groups is 1. The summed E-state index contributed by atoms with van der Waals surface area (Å²) in [6.07, 6.45) is 1.45. The van der Waals surface area contributed by atoms with Gasteiger partial charge in [0.2, 0.25) is 0 Å². The summed E-state index contributed by atoms with van der Waals surface area (Å²) >= 11 is 6.03. The first-order valence-corrected chi connectivity index (χ1v) is 8.16. The number of hydrogen-bond acceptors (Lipinski definition) is 5. The van der Waals surface area contributed by atoms with Crippen molar-refractivity contribution in [1.29, 1.82) is 0 Å². The van der Waals surface area contributed by atoms with Crippen molar-refractivity contribution in [3.63, 3.8) is 0 Å². The van der Waals surface area contributed by atoms with E-state index < -0.39 is 4.92 Å². The smallest absolute Gasteiger partial charge is 0.269 e. The Morgan fingerprint density at radius 3 is 2.88 bits per heavy atom. The minimum atomic E-state index is -0.449. The molecule has 0 N–H and O–H groups in total. The minimum Gasteiger partial charge on any atom is -0.455 e. The molecule has 0 atom stereocenters. The van der Waals surface area contributed by atoms with Crippen LogP contribution in [0.1, 0.15) is 16.9 Å². The van der Waals surface area contributed by atoms with Crippen molar-refractivity contribution in [2.45, 2.75) is 13.5 Å². The molecule has 0 unspecified atom stereocenters. The summed E-state index contributed by atoms with van der Waals surface area (Å²) in [6.45, 7) is 2.10. The van der Waals surface area contributed by atoms with Gasteiger partial charge in [-0.15, -0.1) is 0 Å². The second-order valence-electron chi connectivity index (χ2n) is 5.60. The Bertz CT molecular complexity index is 966. The predicted molar refractivity (Wildman–Crippen MR) is 99.4 cm³/mol. The molecule has 3 aromatic rings. The van der Waals surface area contributed by atoms with Crippen molar-refractivity contribution in [3.05, 3.63) is 86.6 Å². The average molecular weight is 371 g/mol. The van der Waals surface area contributed by atoms with Gasteiger partial charge >= 0.3 is 0 Å². The lowest BCUT2D eigenvalue weighted by atomic mass is 10.1. The molecule has 0 saturated carbocycles. The van der Waals surface area contributed by atoms with E-state index in [9.17, 15) is 10.1 Å². The Labute approximate surface area is 154 Å². The second kappa shape index (κ2) is 7.84. The third-order valence-corrected chi connectivity index (χ3v) is 3.93. The summed E-state index contributed by atoms with van der Waals surface area (Å²) in [5.74, 6) is 1.21. The molecule has 0 fully saturated rings. The van der Waals surface area contributed by atoms with Gasteiger partial charge in [-0.05, 0) is 42.3 Å². The van der Waals surface area contributed by atoms with Crippen LogP contribution in [0.3, 0.4) is 0 Å². The molecule has 7 heteroatoms. The molecule has 6 nitrogen and oxygen atoms in total. The Morgan fingerprint density at radius 1 is 1.23 bits per heavy atom. The molecule has 1 heterocycles. The normalized spacial score (nSPS) is 11.0. The molecule has 0 bridgehead atoms. The van der Waals surface area contributed by atoms with E-state index in [2.05, 4.69) is 5.16 Å². The number of nitro benzene ring substituents is 1. The van der Waals surface area contributed by atoms with E-state index in [0.717, 1.165) is 11.1 Å². The van der Waals surface area contributed by atoms with E-state index in [4.69, 9.17) is 20.9 Å². The van der Waals surface area contributed by atoms with Gasteiger partial charge in [-0.2, -0.15) is 0 Å². The van der Waals surface area contributed by atoms with Crippen molar-refractivity contribution in [3.8, 4) is 11.3 Å². The fourth-order valence-electron chi connectivity index (χ4n) is 2.39. The third kappa shape index (κ3) is 4.29. The van der Waals surface area contributed by atoms with Gasteiger partial charge in [-0.3, -0.25) is 10.1 Å². The van der Waals surface area contributed by atoms with Gasteiger partial charge < -0.3 is 9.25 Å². The number of nitrogens with zero attached hydrogens (tertiary/aromatic N) is 2. The predicted octanol–water partition coefficient (Wildman–Crippen LogP) is 5.37. The topological polar surface area (TPSA) is 77.9 Å². The van der Waals surface area contributed by atoms with Gasteiger partial charge in [0.1, 0.15) is 24.3 Å². The largest absolute Gasteiger partial charge is 0.455 e. The van der Waals surface area contributed by atoms with Crippen LogP contribution in [-0.4, -0.2) is 11.1 Å². The van der Waals surface area contributed by atoms with Crippen LogP contribution in [-0.2, 0) is 11.4 Å². The number of furan rings is 1. The fourth-order valence-corrected chi connectivity index (χ4v) is 2.56. The SMILES string of the molecule is Cc1ccc(Cl)cc1-c1ccc(/C=N\OCc2cccc([N+](=O)[O-])c2)o1. The Hall–Kier alpha value is -3.12. The second-order valence-corrected chi connectivity index (χ2v) is 6.03. The van der Waals surface area contributed by atoms with Gasteiger partial charge in [0, 0.05) is 22.7 Å². The number of halogens is 1. The highest BCUT2D eigenvalue weighted by molar-refractivity contribution is 6.30. The Balaban J connectivity index is 1.63. The van der Waals surface area contributed by atoms with Gasteiger partial charge in [0.05, 0.1) is 4.92 Å². The number of oxime groups is 1. The van der Waals surface area contributed by atoms with Crippen LogP contribution in [0.15, 0.2) is 64.2 Å². The first-order valence-electron chi connectivity index (χ1n) is 7.78. The van der Waals surface area contributed by atoms with Crippen molar-refractivity contribution >= 4 is 23.5 Å². The molecule has 0 aliphatic heterocycles. The molecule has 0 saturated heterocycles. The summed E-state index contributed by atoms with van der Waals surface area (Å²) in [7, 11) is 0. The Kier molecular flexibility index (Phi) is 5.34. The molecule has 0 radical (unpaired) electrons. The first kappa shape index (κ1) is 17.7. The van der Waals surface area contributed by atoms with E-state index in [1.165, 1.54) is 18.3 Å². The standard InChI is InChI=1S/C19H15ClN2O4/c1-13-5-6-15(20)10-18(13)19-8-7-17(26-19)11-21-25-12-14-3-2-4-16(9-14)22(23)24/h2-11H,12H2,1H3/b21-11-. The molecule has 0 spiro atoms. The van der Waals surface area contributed by atoms with Crippen LogP contribution in [0.25, 0.3) is 11.3 Å². The third-order valence-electron chi connectivity index (χ3n) is 3.70. The summed E-state index contributed by atoms with van der Waals surface area (Å²) in [4.78, 5) is 15.5. The molecular weight excluding hydrogens is 356 g/mol. The summed E-state index contributed by atoms with van der Waals surface area (Å²) in [5, 5.41) is 15.2. The van der Waals surface area contributed by atoms with Crippen molar-refractivity contribution < 1.29 is 14.2 Å². The zero-order chi connectivity index (χ0) is 18.5. The number of rotatable bonds is 6. The van der Waals surface area contributed by atoms with Crippen molar-refractivity contribution in [2.75, 3.05) is 0 Å².